The number of nitrogens with two attached hydrogens (primary N) is 1. The molecule has 0 atom stereocenters. The van der Waals surface area contributed by atoms with Crippen molar-refractivity contribution in [2.75, 3.05) is 13.2 Å². The van der Waals surface area contributed by atoms with E-state index < -0.39 is 0 Å². The van der Waals surface area contributed by atoms with Crippen LogP contribution in [0, 0.1) is 6.92 Å². The summed E-state index contributed by atoms with van der Waals surface area (Å²) in [5, 5.41) is 2.10. The zero-order chi connectivity index (χ0) is 12.8. The van der Waals surface area contributed by atoms with Gasteiger partial charge in [0.1, 0.15) is 5.75 Å². The third kappa shape index (κ3) is 3.34. The molecule has 1 heterocycles. The molecule has 0 aliphatic heterocycles. The molecule has 3 heteroatoms. The SMILES string of the molecule is Cc1cccc(CCN)c1OCCc1cccs1. The number of hydrogen-bond donors (Lipinski definition) is 1. The second-order valence-electron chi connectivity index (χ2n) is 4.28. The van der Waals surface area contributed by atoms with E-state index in [4.69, 9.17) is 10.5 Å². The Kier molecular flexibility index (Phi) is 4.79. The summed E-state index contributed by atoms with van der Waals surface area (Å²) in [4.78, 5) is 1.36. The zero-order valence-electron chi connectivity index (χ0n) is 10.7. The predicted molar refractivity (Wildman–Crippen MR) is 77.5 cm³/mol. The number of benzene rings is 1. The average molecular weight is 261 g/mol. The van der Waals surface area contributed by atoms with Crippen molar-refractivity contribution in [2.45, 2.75) is 19.8 Å². The summed E-state index contributed by atoms with van der Waals surface area (Å²) < 4.78 is 5.94. The number of aryl methyl sites for hydroxylation is 1. The van der Waals surface area contributed by atoms with E-state index in [-0.39, 0.29) is 0 Å². The van der Waals surface area contributed by atoms with E-state index in [0.29, 0.717) is 6.54 Å². The second-order valence-corrected chi connectivity index (χ2v) is 5.31. The molecule has 0 unspecified atom stereocenters. The van der Waals surface area contributed by atoms with Gasteiger partial charge in [-0.05, 0) is 42.5 Å². The maximum absolute atomic E-state index is 5.94. The summed E-state index contributed by atoms with van der Waals surface area (Å²) in [5.74, 6) is 1.01. The van der Waals surface area contributed by atoms with Crippen LogP contribution < -0.4 is 10.5 Å². The van der Waals surface area contributed by atoms with Gasteiger partial charge < -0.3 is 10.5 Å². The van der Waals surface area contributed by atoms with Crippen molar-refractivity contribution in [1.82, 2.24) is 0 Å². The number of hydrogen-bond acceptors (Lipinski definition) is 3. The van der Waals surface area contributed by atoms with Gasteiger partial charge in [-0.2, -0.15) is 0 Å². The number of rotatable bonds is 6. The highest BCUT2D eigenvalue weighted by molar-refractivity contribution is 7.09. The predicted octanol–water partition coefficient (Wildman–Crippen LogP) is 3.18. The Morgan fingerprint density at radius 2 is 2.06 bits per heavy atom. The first kappa shape index (κ1) is 13.1. The van der Waals surface area contributed by atoms with Crippen LogP contribution in [0.4, 0.5) is 0 Å². The van der Waals surface area contributed by atoms with Crippen LogP contribution in [0.2, 0.25) is 0 Å². The lowest BCUT2D eigenvalue weighted by molar-refractivity contribution is 0.317. The molecular weight excluding hydrogens is 242 g/mol. The van der Waals surface area contributed by atoms with E-state index in [1.165, 1.54) is 16.0 Å². The van der Waals surface area contributed by atoms with Gasteiger partial charge in [-0.1, -0.05) is 24.3 Å². The minimum absolute atomic E-state index is 0.657. The Morgan fingerprint density at radius 3 is 2.78 bits per heavy atom. The monoisotopic (exact) mass is 261 g/mol. The van der Waals surface area contributed by atoms with Gasteiger partial charge in [-0.25, -0.2) is 0 Å². The molecule has 0 radical (unpaired) electrons. The Hall–Kier alpha value is -1.32. The van der Waals surface area contributed by atoms with Gasteiger partial charge in [-0.3, -0.25) is 0 Å². The van der Waals surface area contributed by atoms with Crippen LogP contribution in [0.3, 0.4) is 0 Å². The van der Waals surface area contributed by atoms with Crippen molar-refractivity contribution in [1.29, 1.82) is 0 Å². The Morgan fingerprint density at radius 1 is 1.17 bits per heavy atom. The molecule has 18 heavy (non-hydrogen) atoms. The van der Waals surface area contributed by atoms with Crippen LogP contribution in [0.1, 0.15) is 16.0 Å². The lowest BCUT2D eigenvalue weighted by Gasteiger charge is -2.13. The molecule has 0 bridgehead atoms. The summed E-state index contributed by atoms with van der Waals surface area (Å²) in [5.41, 5.74) is 8.03. The molecule has 0 fully saturated rings. The van der Waals surface area contributed by atoms with Gasteiger partial charge in [0.15, 0.2) is 0 Å². The van der Waals surface area contributed by atoms with Gasteiger partial charge in [-0.15, -0.1) is 11.3 Å². The highest BCUT2D eigenvalue weighted by Crippen LogP contribution is 2.24. The summed E-state index contributed by atoms with van der Waals surface area (Å²) in [6, 6.07) is 10.5. The molecule has 1 aromatic carbocycles. The maximum Gasteiger partial charge on any atom is 0.125 e. The van der Waals surface area contributed by atoms with Crippen LogP contribution >= 0.6 is 11.3 Å². The van der Waals surface area contributed by atoms with E-state index in [2.05, 4.69) is 42.6 Å². The molecule has 0 spiro atoms. The standard InChI is InChI=1S/C15H19NOS/c1-12-4-2-5-13(7-9-16)15(12)17-10-8-14-6-3-11-18-14/h2-6,11H,7-10,16H2,1H3. The smallest absolute Gasteiger partial charge is 0.125 e. The lowest BCUT2D eigenvalue weighted by Crippen LogP contribution is -2.08. The summed E-state index contributed by atoms with van der Waals surface area (Å²) >= 11 is 1.78. The minimum Gasteiger partial charge on any atom is -0.493 e. The van der Waals surface area contributed by atoms with Crippen LogP contribution in [0.25, 0.3) is 0 Å². The van der Waals surface area contributed by atoms with Gasteiger partial charge in [0.25, 0.3) is 0 Å². The molecule has 2 nitrogen and oxygen atoms in total. The third-order valence-electron chi connectivity index (χ3n) is 2.88. The fourth-order valence-electron chi connectivity index (χ4n) is 1.98. The first-order valence-corrected chi connectivity index (χ1v) is 7.13. The minimum atomic E-state index is 0.657. The van der Waals surface area contributed by atoms with Crippen LogP contribution in [-0.4, -0.2) is 13.2 Å². The topological polar surface area (TPSA) is 35.2 Å². The van der Waals surface area contributed by atoms with E-state index in [1.54, 1.807) is 11.3 Å². The fourth-order valence-corrected chi connectivity index (χ4v) is 2.67. The van der Waals surface area contributed by atoms with Crippen molar-refractivity contribution in [2.24, 2.45) is 5.73 Å². The first-order chi connectivity index (χ1) is 8.81. The lowest BCUT2D eigenvalue weighted by atomic mass is 10.1. The molecule has 0 saturated carbocycles. The van der Waals surface area contributed by atoms with Crippen molar-refractivity contribution >= 4 is 11.3 Å². The van der Waals surface area contributed by atoms with Crippen LogP contribution in [0.15, 0.2) is 35.7 Å². The summed E-state index contributed by atoms with van der Waals surface area (Å²) in [6.07, 6.45) is 1.84. The molecule has 96 valence electrons. The molecule has 0 amide bonds. The molecule has 2 N–H and O–H groups in total. The summed E-state index contributed by atoms with van der Waals surface area (Å²) in [7, 11) is 0. The number of ether oxygens (including phenoxy) is 1. The number of thiophene rings is 1. The van der Waals surface area contributed by atoms with Crippen molar-refractivity contribution in [3.63, 3.8) is 0 Å². The highest BCUT2D eigenvalue weighted by Gasteiger charge is 2.06. The quantitative estimate of drug-likeness (QED) is 0.867. The van der Waals surface area contributed by atoms with E-state index in [9.17, 15) is 0 Å². The van der Waals surface area contributed by atoms with E-state index in [1.807, 2.05) is 0 Å². The number of para-hydroxylation sites is 1. The van der Waals surface area contributed by atoms with Crippen molar-refractivity contribution < 1.29 is 4.74 Å². The Bertz CT molecular complexity index is 479. The Balaban J connectivity index is 1.99. The van der Waals surface area contributed by atoms with Gasteiger partial charge in [0.05, 0.1) is 6.61 Å². The van der Waals surface area contributed by atoms with Crippen molar-refractivity contribution in [3.8, 4) is 5.75 Å². The highest BCUT2D eigenvalue weighted by atomic mass is 32.1. The zero-order valence-corrected chi connectivity index (χ0v) is 11.5. The van der Waals surface area contributed by atoms with Gasteiger partial charge in [0.2, 0.25) is 0 Å². The van der Waals surface area contributed by atoms with Crippen LogP contribution in [-0.2, 0) is 12.8 Å². The van der Waals surface area contributed by atoms with Gasteiger partial charge >= 0.3 is 0 Å². The molecule has 1 aromatic heterocycles. The molecule has 0 aliphatic carbocycles. The van der Waals surface area contributed by atoms with Crippen LogP contribution in [0.5, 0.6) is 5.75 Å². The van der Waals surface area contributed by atoms with Crippen molar-refractivity contribution in [3.05, 3.63) is 51.7 Å². The molecule has 2 rings (SSSR count). The normalized spacial score (nSPS) is 10.6. The maximum atomic E-state index is 5.94. The fraction of sp³-hybridized carbons (Fsp3) is 0.333. The largest absolute Gasteiger partial charge is 0.493 e. The molecule has 2 aromatic rings. The third-order valence-corrected chi connectivity index (χ3v) is 3.82. The Labute approximate surface area is 112 Å². The molecular formula is C15H19NOS. The summed E-state index contributed by atoms with van der Waals surface area (Å²) in [6.45, 7) is 3.47. The molecule has 0 aliphatic rings. The average Bonchev–Trinajstić information content (AvgIpc) is 2.86. The van der Waals surface area contributed by atoms with E-state index >= 15 is 0 Å². The van der Waals surface area contributed by atoms with E-state index in [0.717, 1.165) is 25.2 Å². The first-order valence-electron chi connectivity index (χ1n) is 6.25. The van der Waals surface area contributed by atoms with Gasteiger partial charge in [0, 0.05) is 11.3 Å². The second kappa shape index (κ2) is 6.57. The molecule has 0 saturated heterocycles.